The van der Waals surface area contributed by atoms with Gasteiger partial charge in [0.2, 0.25) is 0 Å². The van der Waals surface area contributed by atoms with Crippen LogP contribution in [-0.2, 0) is 15.6 Å². The van der Waals surface area contributed by atoms with Crippen molar-refractivity contribution in [3.05, 3.63) is 56.8 Å². The van der Waals surface area contributed by atoms with E-state index in [9.17, 15) is 13.2 Å². The molecule has 0 spiro atoms. The van der Waals surface area contributed by atoms with Gasteiger partial charge in [-0.25, -0.2) is 13.4 Å². The van der Waals surface area contributed by atoms with Gasteiger partial charge in [0.25, 0.3) is 5.91 Å². The zero-order valence-electron chi connectivity index (χ0n) is 15.2. The smallest absolute Gasteiger partial charge is 0.272 e. The molecule has 0 saturated carbocycles. The lowest BCUT2D eigenvalue weighted by Gasteiger charge is -2.30. The van der Waals surface area contributed by atoms with E-state index in [1.165, 1.54) is 12.1 Å². The fraction of sp³-hybridized carbons (Fsp3) is 0.368. The molecule has 1 atom stereocenters. The van der Waals surface area contributed by atoms with Crippen LogP contribution >= 0.6 is 34.8 Å². The first kappa shape index (κ1) is 21.4. The first-order chi connectivity index (χ1) is 13.2. The molecule has 2 heterocycles. The molecule has 5 nitrogen and oxygen atoms in total. The number of carbonyl (C=O) groups excluding carboxylic acids is 1. The Labute approximate surface area is 179 Å². The lowest BCUT2D eigenvalue weighted by Crippen LogP contribution is -2.39. The topological polar surface area (TPSA) is 67.3 Å². The number of benzene rings is 1. The molecule has 1 aromatic heterocycles. The molecule has 1 aromatic carbocycles. The van der Waals surface area contributed by atoms with E-state index in [0.717, 1.165) is 12.8 Å². The minimum Gasteiger partial charge on any atom is -0.337 e. The van der Waals surface area contributed by atoms with Gasteiger partial charge in [-0.15, -0.1) is 0 Å². The van der Waals surface area contributed by atoms with Crippen molar-refractivity contribution in [2.45, 2.75) is 30.4 Å². The minimum atomic E-state index is -3.82. The first-order valence-electron chi connectivity index (χ1n) is 8.80. The van der Waals surface area contributed by atoms with E-state index in [-0.39, 0.29) is 37.3 Å². The van der Waals surface area contributed by atoms with Crippen molar-refractivity contribution in [3.8, 4) is 0 Å². The molecule has 1 saturated heterocycles. The van der Waals surface area contributed by atoms with Crippen molar-refractivity contribution < 1.29 is 13.2 Å². The van der Waals surface area contributed by atoms with E-state index in [1.807, 2.05) is 0 Å². The van der Waals surface area contributed by atoms with Gasteiger partial charge in [-0.05, 0) is 43.0 Å². The number of nitrogens with zero attached hydrogens (tertiary/aromatic N) is 2. The normalized spacial score (nSPS) is 17.6. The van der Waals surface area contributed by atoms with E-state index in [2.05, 4.69) is 11.9 Å². The highest BCUT2D eigenvalue weighted by Gasteiger charge is 2.25. The van der Waals surface area contributed by atoms with Crippen LogP contribution in [0.1, 0.15) is 35.9 Å². The monoisotopic (exact) mass is 460 g/mol. The third-order valence-electron chi connectivity index (χ3n) is 4.62. The number of piperidine rings is 1. The SMILES string of the molecule is CC1CCCN(C(=O)c2cccc(CS(=O)(=O)c3cc(Cl)c(Cl)cc3Cl)n2)C1. The molecular weight excluding hydrogens is 443 g/mol. The van der Waals surface area contributed by atoms with Crippen molar-refractivity contribution in [1.82, 2.24) is 9.88 Å². The number of likely N-dealkylation sites (tertiary alicyclic amines) is 1. The molecule has 1 aliphatic heterocycles. The Balaban J connectivity index is 1.84. The standard InChI is InChI=1S/C19H19Cl3N2O3S/c1-12-4-3-7-24(10-12)19(25)17-6-2-5-13(23-17)11-28(26,27)18-9-15(21)14(20)8-16(18)22/h2,5-6,8-9,12H,3-4,7,10-11H2,1H3. The number of sulfone groups is 1. The van der Waals surface area contributed by atoms with Gasteiger partial charge in [-0.1, -0.05) is 47.8 Å². The van der Waals surface area contributed by atoms with Gasteiger partial charge in [0.15, 0.2) is 9.84 Å². The number of hydrogen-bond acceptors (Lipinski definition) is 4. The van der Waals surface area contributed by atoms with Crippen LogP contribution < -0.4 is 0 Å². The van der Waals surface area contributed by atoms with Crippen molar-refractivity contribution in [2.24, 2.45) is 5.92 Å². The Morgan fingerprint density at radius 3 is 2.61 bits per heavy atom. The summed E-state index contributed by atoms with van der Waals surface area (Å²) in [6.07, 6.45) is 2.05. The number of hydrogen-bond donors (Lipinski definition) is 0. The van der Waals surface area contributed by atoms with Crippen LogP contribution in [0.4, 0.5) is 0 Å². The summed E-state index contributed by atoms with van der Waals surface area (Å²) in [5, 5.41) is 0.261. The molecule has 1 aliphatic rings. The van der Waals surface area contributed by atoms with E-state index >= 15 is 0 Å². The second kappa shape index (κ2) is 8.57. The van der Waals surface area contributed by atoms with Crippen LogP contribution in [0.2, 0.25) is 15.1 Å². The van der Waals surface area contributed by atoms with Gasteiger partial charge >= 0.3 is 0 Å². The first-order valence-corrected chi connectivity index (χ1v) is 11.6. The van der Waals surface area contributed by atoms with Crippen molar-refractivity contribution in [3.63, 3.8) is 0 Å². The summed E-state index contributed by atoms with van der Waals surface area (Å²) in [6, 6.07) is 7.33. The molecule has 9 heteroatoms. The molecule has 0 bridgehead atoms. The second-order valence-electron chi connectivity index (χ2n) is 6.97. The number of carbonyl (C=O) groups is 1. The van der Waals surface area contributed by atoms with Crippen LogP contribution in [0.5, 0.6) is 0 Å². The highest BCUT2D eigenvalue weighted by molar-refractivity contribution is 7.90. The summed E-state index contributed by atoms with van der Waals surface area (Å²) >= 11 is 17.9. The van der Waals surface area contributed by atoms with Gasteiger partial charge in [-0.2, -0.15) is 0 Å². The van der Waals surface area contributed by atoms with E-state index < -0.39 is 15.6 Å². The van der Waals surface area contributed by atoms with Crippen LogP contribution in [0.25, 0.3) is 0 Å². The van der Waals surface area contributed by atoms with E-state index in [0.29, 0.717) is 19.0 Å². The highest BCUT2D eigenvalue weighted by Crippen LogP contribution is 2.33. The number of rotatable bonds is 4. The maximum Gasteiger partial charge on any atom is 0.272 e. The molecule has 28 heavy (non-hydrogen) atoms. The maximum absolute atomic E-state index is 12.8. The Morgan fingerprint density at radius 1 is 1.18 bits per heavy atom. The summed E-state index contributed by atoms with van der Waals surface area (Å²) in [4.78, 5) is 18.7. The Morgan fingerprint density at radius 2 is 1.89 bits per heavy atom. The molecule has 3 rings (SSSR count). The Bertz CT molecular complexity index is 1010. The zero-order valence-corrected chi connectivity index (χ0v) is 18.2. The molecule has 1 unspecified atom stereocenters. The average Bonchev–Trinajstić information content (AvgIpc) is 2.63. The molecule has 0 N–H and O–H groups in total. The third-order valence-corrected chi connectivity index (χ3v) is 7.45. The fourth-order valence-corrected chi connectivity index (χ4v) is 5.55. The molecule has 2 aromatic rings. The van der Waals surface area contributed by atoms with Crippen molar-refractivity contribution in [1.29, 1.82) is 0 Å². The summed E-state index contributed by atoms with van der Waals surface area (Å²) in [5.74, 6) is -0.140. The van der Waals surface area contributed by atoms with Crippen LogP contribution in [0, 0.1) is 5.92 Å². The van der Waals surface area contributed by atoms with Gasteiger partial charge in [0.1, 0.15) is 5.69 Å². The van der Waals surface area contributed by atoms with Crippen LogP contribution in [0.3, 0.4) is 0 Å². The summed E-state index contributed by atoms with van der Waals surface area (Å²) < 4.78 is 25.6. The average molecular weight is 462 g/mol. The summed E-state index contributed by atoms with van der Waals surface area (Å²) in [5.41, 5.74) is 0.500. The molecule has 0 aliphatic carbocycles. The van der Waals surface area contributed by atoms with Gasteiger partial charge in [0.05, 0.1) is 31.4 Å². The van der Waals surface area contributed by atoms with Crippen LogP contribution in [-0.4, -0.2) is 37.3 Å². The predicted octanol–water partition coefficient (Wildman–Crippen LogP) is 4.89. The third kappa shape index (κ3) is 4.79. The fourth-order valence-electron chi connectivity index (χ4n) is 3.23. The molecule has 1 fully saturated rings. The van der Waals surface area contributed by atoms with Gasteiger partial charge in [-0.3, -0.25) is 4.79 Å². The maximum atomic E-state index is 12.8. The largest absolute Gasteiger partial charge is 0.337 e. The summed E-state index contributed by atoms with van der Waals surface area (Å²) in [6.45, 7) is 3.48. The molecule has 0 radical (unpaired) electrons. The Hall–Kier alpha value is -1.34. The number of pyridine rings is 1. The molecule has 150 valence electrons. The van der Waals surface area contributed by atoms with E-state index in [4.69, 9.17) is 34.8 Å². The lowest BCUT2D eigenvalue weighted by molar-refractivity contribution is 0.0677. The number of halogens is 3. The van der Waals surface area contributed by atoms with Crippen molar-refractivity contribution >= 4 is 50.5 Å². The van der Waals surface area contributed by atoms with E-state index in [1.54, 1.807) is 23.1 Å². The summed E-state index contributed by atoms with van der Waals surface area (Å²) in [7, 11) is -3.82. The van der Waals surface area contributed by atoms with Gasteiger partial charge < -0.3 is 4.90 Å². The second-order valence-corrected chi connectivity index (χ2v) is 10.1. The molecular formula is C19H19Cl3N2O3S. The highest BCUT2D eigenvalue weighted by atomic mass is 35.5. The van der Waals surface area contributed by atoms with Crippen molar-refractivity contribution in [2.75, 3.05) is 13.1 Å². The number of amides is 1. The minimum absolute atomic E-state index is 0.0102. The predicted molar refractivity (Wildman–Crippen MR) is 111 cm³/mol. The quantitative estimate of drug-likeness (QED) is 0.608. The lowest BCUT2D eigenvalue weighted by atomic mass is 10.00. The van der Waals surface area contributed by atoms with Crippen LogP contribution in [0.15, 0.2) is 35.2 Å². The number of aromatic nitrogens is 1. The molecule has 1 amide bonds. The Kier molecular flexibility index (Phi) is 6.54. The van der Waals surface area contributed by atoms with Gasteiger partial charge in [0, 0.05) is 13.1 Å². The zero-order chi connectivity index (χ0) is 20.5.